The first-order valence-electron chi connectivity index (χ1n) is 12.0. The van der Waals surface area contributed by atoms with E-state index < -0.39 is 12.0 Å². The Morgan fingerprint density at radius 3 is 2.28 bits per heavy atom. The zero-order chi connectivity index (χ0) is 25.8. The van der Waals surface area contributed by atoms with E-state index in [4.69, 9.17) is 5.11 Å². The zero-order valence-electron chi connectivity index (χ0n) is 20.6. The SMILES string of the molecule is Cc1cc(NC(=O)N2CCCC2C(=O)Nc2ccc(-c3ccc(C(=O)O)nc3)cc2)ccc1C(C)C. The lowest BCUT2D eigenvalue weighted by atomic mass is 9.98. The molecule has 0 radical (unpaired) electrons. The van der Waals surface area contributed by atoms with Gasteiger partial charge in [-0.25, -0.2) is 14.6 Å². The fraction of sp³-hybridized carbons (Fsp3) is 0.286. The maximum atomic E-state index is 13.0. The van der Waals surface area contributed by atoms with Crippen LogP contribution in [0.5, 0.6) is 0 Å². The van der Waals surface area contributed by atoms with E-state index in [0.29, 0.717) is 24.6 Å². The number of hydrogen-bond donors (Lipinski definition) is 3. The number of likely N-dealkylation sites (tertiary alicyclic amines) is 1. The van der Waals surface area contributed by atoms with E-state index in [9.17, 15) is 14.4 Å². The van der Waals surface area contributed by atoms with Crippen molar-refractivity contribution >= 4 is 29.3 Å². The second kappa shape index (κ2) is 10.6. The van der Waals surface area contributed by atoms with Crippen molar-refractivity contribution in [1.82, 2.24) is 9.88 Å². The molecule has 36 heavy (non-hydrogen) atoms. The summed E-state index contributed by atoms with van der Waals surface area (Å²) in [4.78, 5) is 42.5. The third kappa shape index (κ3) is 5.54. The lowest BCUT2D eigenvalue weighted by Crippen LogP contribution is -2.45. The smallest absolute Gasteiger partial charge is 0.354 e. The van der Waals surface area contributed by atoms with Gasteiger partial charge in [0.25, 0.3) is 0 Å². The van der Waals surface area contributed by atoms with Crippen LogP contribution in [0.3, 0.4) is 0 Å². The molecule has 8 nitrogen and oxygen atoms in total. The van der Waals surface area contributed by atoms with Crippen LogP contribution < -0.4 is 10.6 Å². The number of benzene rings is 2. The average Bonchev–Trinajstić information content (AvgIpc) is 3.35. The van der Waals surface area contributed by atoms with Gasteiger partial charge in [-0.15, -0.1) is 0 Å². The summed E-state index contributed by atoms with van der Waals surface area (Å²) < 4.78 is 0. The van der Waals surface area contributed by atoms with Gasteiger partial charge in [-0.1, -0.05) is 38.1 Å². The summed E-state index contributed by atoms with van der Waals surface area (Å²) in [7, 11) is 0. The molecule has 1 atom stereocenters. The molecule has 0 saturated carbocycles. The highest BCUT2D eigenvalue weighted by atomic mass is 16.4. The second-order valence-corrected chi connectivity index (χ2v) is 9.31. The molecule has 0 aliphatic carbocycles. The van der Waals surface area contributed by atoms with Gasteiger partial charge in [0, 0.05) is 29.7 Å². The van der Waals surface area contributed by atoms with Crippen molar-refractivity contribution in [2.75, 3.05) is 17.2 Å². The van der Waals surface area contributed by atoms with Crippen molar-refractivity contribution in [3.8, 4) is 11.1 Å². The minimum atomic E-state index is -1.08. The Kier molecular flexibility index (Phi) is 7.33. The van der Waals surface area contributed by atoms with E-state index >= 15 is 0 Å². The number of nitrogens with one attached hydrogen (secondary N) is 2. The maximum Gasteiger partial charge on any atom is 0.354 e. The van der Waals surface area contributed by atoms with E-state index in [1.54, 1.807) is 23.1 Å². The molecule has 1 aliphatic rings. The molecule has 186 valence electrons. The number of aromatic carboxylic acids is 1. The Bertz CT molecular complexity index is 1270. The van der Waals surface area contributed by atoms with Gasteiger partial charge in [-0.3, -0.25) is 4.79 Å². The minimum Gasteiger partial charge on any atom is -0.477 e. The first-order valence-corrected chi connectivity index (χ1v) is 12.0. The molecule has 1 aliphatic heterocycles. The molecule has 0 spiro atoms. The number of pyridine rings is 1. The van der Waals surface area contributed by atoms with E-state index in [1.165, 1.54) is 17.8 Å². The zero-order valence-corrected chi connectivity index (χ0v) is 20.6. The van der Waals surface area contributed by atoms with Crippen LogP contribution in [0.15, 0.2) is 60.8 Å². The van der Waals surface area contributed by atoms with E-state index in [0.717, 1.165) is 28.8 Å². The monoisotopic (exact) mass is 486 g/mol. The number of hydrogen-bond acceptors (Lipinski definition) is 4. The number of urea groups is 1. The van der Waals surface area contributed by atoms with E-state index in [2.05, 4.69) is 29.5 Å². The van der Waals surface area contributed by atoms with Crippen LogP contribution >= 0.6 is 0 Å². The van der Waals surface area contributed by atoms with Crippen molar-refractivity contribution < 1.29 is 19.5 Å². The predicted molar refractivity (Wildman–Crippen MR) is 139 cm³/mol. The molecule has 8 heteroatoms. The van der Waals surface area contributed by atoms with Gasteiger partial charge in [-0.2, -0.15) is 0 Å². The summed E-state index contributed by atoms with van der Waals surface area (Å²) in [6, 6.07) is 15.4. The Morgan fingerprint density at radius 2 is 1.67 bits per heavy atom. The molecule has 0 bridgehead atoms. The van der Waals surface area contributed by atoms with Gasteiger partial charge >= 0.3 is 12.0 Å². The molecule has 1 unspecified atom stereocenters. The lowest BCUT2D eigenvalue weighted by Gasteiger charge is -2.24. The highest BCUT2D eigenvalue weighted by Gasteiger charge is 2.34. The molecule has 1 aromatic heterocycles. The fourth-order valence-corrected chi connectivity index (χ4v) is 4.54. The molecule has 1 fully saturated rings. The van der Waals surface area contributed by atoms with Crippen LogP contribution in [0.4, 0.5) is 16.2 Å². The fourth-order valence-electron chi connectivity index (χ4n) is 4.54. The Balaban J connectivity index is 1.39. The van der Waals surface area contributed by atoms with E-state index in [-0.39, 0.29) is 17.6 Å². The van der Waals surface area contributed by atoms with Gasteiger partial charge in [-0.05, 0) is 72.7 Å². The summed E-state index contributed by atoms with van der Waals surface area (Å²) in [6.07, 6.45) is 2.86. The molecule has 3 aromatic rings. The van der Waals surface area contributed by atoms with Crippen LogP contribution in [0.1, 0.15) is 54.2 Å². The summed E-state index contributed by atoms with van der Waals surface area (Å²) in [5.74, 6) is -0.896. The van der Waals surface area contributed by atoms with Crippen LogP contribution in [-0.4, -0.2) is 45.5 Å². The third-order valence-corrected chi connectivity index (χ3v) is 6.43. The number of carboxylic acids is 1. The summed E-state index contributed by atoms with van der Waals surface area (Å²) in [5.41, 5.74) is 5.30. The van der Waals surface area contributed by atoms with Crippen molar-refractivity contribution in [2.45, 2.75) is 45.6 Å². The Morgan fingerprint density at radius 1 is 0.972 bits per heavy atom. The number of rotatable bonds is 6. The van der Waals surface area contributed by atoms with Gasteiger partial charge in [0.05, 0.1) is 0 Å². The average molecular weight is 487 g/mol. The van der Waals surface area contributed by atoms with Gasteiger partial charge < -0.3 is 20.6 Å². The number of nitrogens with zero attached hydrogens (tertiary/aromatic N) is 2. The van der Waals surface area contributed by atoms with Gasteiger partial charge in [0.1, 0.15) is 11.7 Å². The topological polar surface area (TPSA) is 112 Å². The van der Waals surface area contributed by atoms with E-state index in [1.807, 2.05) is 37.3 Å². The van der Waals surface area contributed by atoms with Crippen LogP contribution in [-0.2, 0) is 4.79 Å². The molecule has 3 amide bonds. The normalized spacial score (nSPS) is 15.1. The third-order valence-electron chi connectivity index (χ3n) is 6.43. The number of aromatic nitrogens is 1. The minimum absolute atomic E-state index is 0.0181. The summed E-state index contributed by atoms with van der Waals surface area (Å²) >= 11 is 0. The molecule has 2 aromatic carbocycles. The molecule has 2 heterocycles. The predicted octanol–water partition coefficient (Wildman–Crippen LogP) is 5.51. The number of carbonyl (C=O) groups excluding carboxylic acids is 2. The molecule has 3 N–H and O–H groups in total. The summed E-state index contributed by atoms with van der Waals surface area (Å²) in [5, 5.41) is 14.8. The number of anilines is 2. The Labute approximate surface area is 210 Å². The van der Waals surface area contributed by atoms with Gasteiger partial charge in [0.2, 0.25) is 5.91 Å². The van der Waals surface area contributed by atoms with Crippen LogP contribution in [0, 0.1) is 6.92 Å². The standard InChI is InChI=1S/C28H30N4O4/c1-17(2)23-12-11-22(15-18(23)3)31-28(36)32-14-4-5-25(32)26(33)30-21-9-6-19(7-10-21)20-8-13-24(27(34)35)29-16-20/h6-13,15-17,25H,4-5,14H2,1-3H3,(H,30,33)(H,31,36)(H,34,35). The van der Waals surface area contributed by atoms with Crippen molar-refractivity contribution in [1.29, 1.82) is 0 Å². The highest BCUT2D eigenvalue weighted by molar-refractivity contribution is 5.99. The number of carbonyl (C=O) groups is 3. The van der Waals surface area contributed by atoms with Gasteiger partial charge in [0.15, 0.2) is 0 Å². The van der Waals surface area contributed by atoms with Crippen molar-refractivity contribution in [2.24, 2.45) is 0 Å². The van der Waals surface area contributed by atoms with Crippen molar-refractivity contribution in [3.05, 3.63) is 77.6 Å². The number of aryl methyl sites for hydroxylation is 1. The Hall–Kier alpha value is -4.20. The number of carboxylic acid groups (broad SMARTS) is 1. The molecule has 4 rings (SSSR count). The first kappa shape index (κ1) is 24.9. The maximum absolute atomic E-state index is 13.0. The van der Waals surface area contributed by atoms with Crippen LogP contribution in [0.25, 0.3) is 11.1 Å². The second-order valence-electron chi connectivity index (χ2n) is 9.31. The van der Waals surface area contributed by atoms with Crippen molar-refractivity contribution in [3.63, 3.8) is 0 Å². The first-order chi connectivity index (χ1) is 17.2. The summed E-state index contributed by atoms with van der Waals surface area (Å²) in [6.45, 7) is 6.82. The molecular formula is C28H30N4O4. The highest BCUT2D eigenvalue weighted by Crippen LogP contribution is 2.25. The lowest BCUT2D eigenvalue weighted by molar-refractivity contribution is -0.119. The number of amides is 3. The van der Waals surface area contributed by atoms with Crippen LogP contribution in [0.2, 0.25) is 0 Å². The molecular weight excluding hydrogens is 456 g/mol. The molecule has 1 saturated heterocycles. The quantitative estimate of drug-likeness (QED) is 0.425. The largest absolute Gasteiger partial charge is 0.477 e.